The summed E-state index contributed by atoms with van der Waals surface area (Å²) in [4.78, 5) is 11.5. The molecule has 0 atom stereocenters. The Bertz CT molecular complexity index is 441. The lowest BCUT2D eigenvalue weighted by Gasteiger charge is -2.12. The first kappa shape index (κ1) is 15.5. The van der Waals surface area contributed by atoms with Gasteiger partial charge >= 0.3 is 12.1 Å². The number of hydrogen-bond acceptors (Lipinski definition) is 2. The molecule has 0 aromatic heterocycles. The molecule has 0 saturated carbocycles. The van der Waals surface area contributed by atoms with Crippen molar-refractivity contribution in [2.45, 2.75) is 32.4 Å². The predicted molar refractivity (Wildman–Crippen MR) is 61.2 cm³/mol. The maximum atomic E-state index is 12.8. The van der Waals surface area contributed by atoms with E-state index >= 15 is 0 Å². The third kappa shape index (κ3) is 4.54. The molecule has 0 heterocycles. The average Bonchev–Trinajstić information content (AvgIpc) is 2.33. The van der Waals surface area contributed by atoms with Crippen LogP contribution in [0.2, 0.25) is 0 Å². The Balaban J connectivity index is 2.85. The fraction of sp³-hybridized carbons (Fsp3) is 0.462. The van der Waals surface area contributed by atoms with Crippen LogP contribution in [0.25, 0.3) is 0 Å². The molecule has 106 valence electrons. The number of halogens is 4. The van der Waals surface area contributed by atoms with Crippen molar-refractivity contribution in [1.29, 1.82) is 0 Å². The second-order valence-corrected chi connectivity index (χ2v) is 4.03. The Morgan fingerprint density at radius 2 is 1.95 bits per heavy atom. The predicted octanol–water partition coefficient (Wildman–Crippen LogP) is 4.19. The fourth-order valence-electron chi connectivity index (χ4n) is 1.52. The van der Waals surface area contributed by atoms with E-state index in [-0.39, 0.29) is 6.61 Å². The molecule has 1 rings (SSSR count). The first-order valence-electron chi connectivity index (χ1n) is 5.90. The molecule has 0 aliphatic rings. The molecule has 6 heteroatoms. The first-order chi connectivity index (χ1) is 8.86. The van der Waals surface area contributed by atoms with E-state index in [0.717, 1.165) is 25.0 Å². The molecule has 0 aliphatic heterocycles. The summed E-state index contributed by atoms with van der Waals surface area (Å²) < 4.78 is 55.6. The number of hydrogen-bond donors (Lipinski definition) is 0. The van der Waals surface area contributed by atoms with E-state index in [1.54, 1.807) is 0 Å². The van der Waals surface area contributed by atoms with Crippen molar-refractivity contribution in [2.24, 2.45) is 0 Å². The van der Waals surface area contributed by atoms with E-state index in [0.29, 0.717) is 12.5 Å². The lowest BCUT2D eigenvalue weighted by atomic mass is 10.1. The summed E-state index contributed by atoms with van der Waals surface area (Å²) in [5.41, 5.74) is -1.97. The SMILES string of the molecule is CCCCCOC(=O)c1ccc(F)cc1C(F)(F)F. The van der Waals surface area contributed by atoms with E-state index in [2.05, 4.69) is 0 Å². The molecule has 0 aliphatic carbocycles. The maximum Gasteiger partial charge on any atom is 0.417 e. The van der Waals surface area contributed by atoms with Gasteiger partial charge in [-0.25, -0.2) is 9.18 Å². The molecular weight excluding hydrogens is 264 g/mol. The fourth-order valence-corrected chi connectivity index (χ4v) is 1.52. The monoisotopic (exact) mass is 278 g/mol. The average molecular weight is 278 g/mol. The van der Waals surface area contributed by atoms with Gasteiger partial charge in [0.25, 0.3) is 0 Å². The van der Waals surface area contributed by atoms with Crippen LogP contribution >= 0.6 is 0 Å². The molecule has 19 heavy (non-hydrogen) atoms. The van der Waals surface area contributed by atoms with Gasteiger partial charge in [0.1, 0.15) is 5.82 Å². The Morgan fingerprint density at radius 3 is 2.53 bits per heavy atom. The van der Waals surface area contributed by atoms with Crippen LogP contribution < -0.4 is 0 Å². The highest BCUT2D eigenvalue weighted by molar-refractivity contribution is 5.91. The maximum absolute atomic E-state index is 12.8. The molecule has 0 saturated heterocycles. The molecule has 2 nitrogen and oxygen atoms in total. The third-order valence-corrected chi connectivity index (χ3v) is 2.49. The van der Waals surface area contributed by atoms with Gasteiger partial charge in [0.2, 0.25) is 0 Å². The van der Waals surface area contributed by atoms with E-state index in [4.69, 9.17) is 4.74 Å². The summed E-state index contributed by atoms with van der Waals surface area (Å²) in [6, 6.07) is 1.89. The zero-order chi connectivity index (χ0) is 14.5. The summed E-state index contributed by atoms with van der Waals surface area (Å²) in [5.74, 6) is -2.13. The number of carbonyl (C=O) groups excluding carboxylic acids is 1. The first-order valence-corrected chi connectivity index (χ1v) is 5.90. The van der Waals surface area contributed by atoms with Crippen molar-refractivity contribution < 1.29 is 27.1 Å². The topological polar surface area (TPSA) is 26.3 Å². The molecule has 0 amide bonds. The lowest BCUT2D eigenvalue weighted by molar-refractivity contribution is -0.138. The molecule has 0 unspecified atom stereocenters. The van der Waals surface area contributed by atoms with Gasteiger partial charge in [-0.05, 0) is 24.6 Å². The van der Waals surface area contributed by atoms with Crippen LogP contribution in [-0.4, -0.2) is 12.6 Å². The molecule has 0 spiro atoms. The number of rotatable bonds is 5. The van der Waals surface area contributed by atoms with Gasteiger partial charge in [-0.3, -0.25) is 0 Å². The van der Waals surface area contributed by atoms with Crippen molar-refractivity contribution in [3.63, 3.8) is 0 Å². The number of unbranched alkanes of at least 4 members (excludes halogenated alkanes) is 2. The van der Waals surface area contributed by atoms with Crippen molar-refractivity contribution in [3.8, 4) is 0 Å². The van der Waals surface area contributed by atoms with E-state index in [9.17, 15) is 22.4 Å². The van der Waals surface area contributed by atoms with Gasteiger partial charge in [0.15, 0.2) is 0 Å². The Kier molecular flexibility index (Phi) is 5.32. The smallest absolute Gasteiger partial charge is 0.417 e. The lowest BCUT2D eigenvalue weighted by Crippen LogP contribution is -2.16. The molecule has 1 aromatic rings. The Morgan fingerprint density at radius 1 is 1.26 bits per heavy atom. The van der Waals surface area contributed by atoms with E-state index in [1.165, 1.54) is 0 Å². The second-order valence-electron chi connectivity index (χ2n) is 4.03. The number of ether oxygens (including phenoxy) is 1. The summed E-state index contributed by atoms with van der Waals surface area (Å²) in [7, 11) is 0. The standard InChI is InChI=1S/C13H14F4O2/c1-2-3-4-7-19-12(18)10-6-5-9(14)8-11(10)13(15,16)17/h5-6,8H,2-4,7H2,1H3. The highest BCUT2D eigenvalue weighted by atomic mass is 19.4. The van der Waals surface area contributed by atoms with Gasteiger partial charge < -0.3 is 4.74 Å². The number of benzene rings is 1. The minimum atomic E-state index is -4.79. The highest BCUT2D eigenvalue weighted by Gasteiger charge is 2.36. The van der Waals surface area contributed by atoms with Crippen LogP contribution in [0.4, 0.5) is 17.6 Å². The number of esters is 1. The minimum absolute atomic E-state index is 0.0569. The van der Waals surface area contributed by atoms with Gasteiger partial charge in [-0.1, -0.05) is 19.8 Å². The van der Waals surface area contributed by atoms with E-state index in [1.807, 2.05) is 6.92 Å². The van der Waals surface area contributed by atoms with Crippen LogP contribution in [0.15, 0.2) is 18.2 Å². The molecule has 0 N–H and O–H groups in total. The van der Waals surface area contributed by atoms with Crippen LogP contribution in [0.1, 0.15) is 42.1 Å². The zero-order valence-electron chi connectivity index (χ0n) is 10.4. The van der Waals surface area contributed by atoms with Gasteiger partial charge in [0.05, 0.1) is 17.7 Å². The van der Waals surface area contributed by atoms with Gasteiger partial charge in [0, 0.05) is 0 Å². The molecule has 0 fully saturated rings. The van der Waals surface area contributed by atoms with E-state index < -0.39 is 29.1 Å². The third-order valence-electron chi connectivity index (χ3n) is 2.49. The normalized spacial score (nSPS) is 11.4. The molecule has 0 radical (unpaired) electrons. The zero-order valence-corrected chi connectivity index (χ0v) is 10.4. The summed E-state index contributed by atoms with van der Waals surface area (Å²) >= 11 is 0. The van der Waals surface area contributed by atoms with Crippen LogP contribution in [0, 0.1) is 5.82 Å². The van der Waals surface area contributed by atoms with Gasteiger partial charge in [-0.15, -0.1) is 0 Å². The van der Waals surface area contributed by atoms with Crippen LogP contribution in [0.3, 0.4) is 0 Å². The van der Waals surface area contributed by atoms with Crippen molar-refractivity contribution in [3.05, 3.63) is 35.1 Å². The summed E-state index contributed by atoms with van der Waals surface area (Å²) in [6.07, 6.45) is -2.48. The molecular formula is C13H14F4O2. The van der Waals surface area contributed by atoms with Crippen LogP contribution in [0.5, 0.6) is 0 Å². The molecule has 0 bridgehead atoms. The number of carbonyl (C=O) groups is 1. The second kappa shape index (κ2) is 6.54. The summed E-state index contributed by atoms with van der Waals surface area (Å²) in [5, 5.41) is 0. The number of alkyl halides is 3. The highest BCUT2D eigenvalue weighted by Crippen LogP contribution is 2.32. The quantitative estimate of drug-likeness (QED) is 0.458. The minimum Gasteiger partial charge on any atom is -0.462 e. The Hall–Kier alpha value is -1.59. The van der Waals surface area contributed by atoms with Crippen molar-refractivity contribution >= 4 is 5.97 Å². The largest absolute Gasteiger partial charge is 0.462 e. The van der Waals surface area contributed by atoms with Crippen molar-refractivity contribution in [1.82, 2.24) is 0 Å². The molecule has 1 aromatic carbocycles. The summed E-state index contributed by atoms with van der Waals surface area (Å²) in [6.45, 7) is 2.00. The Labute approximate surface area is 108 Å². The van der Waals surface area contributed by atoms with Crippen LogP contribution in [-0.2, 0) is 10.9 Å². The van der Waals surface area contributed by atoms with Gasteiger partial charge in [-0.2, -0.15) is 13.2 Å². The van der Waals surface area contributed by atoms with Crippen molar-refractivity contribution in [2.75, 3.05) is 6.61 Å².